The fourth-order valence-corrected chi connectivity index (χ4v) is 4.25. The number of nitrogens with two attached hydrogens (primary N) is 1. The normalized spacial score (nSPS) is 26.0. The zero-order valence-corrected chi connectivity index (χ0v) is 20.7. The van der Waals surface area contributed by atoms with E-state index in [-0.39, 0.29) is 18.8 Å². The van der Waals surface area contributed by atoms with Crippen molar-refractivity contribution in [2.45, 2.75) is 75.5 Å². The molecule has 1 saturated carbocycles. The third kappa shape index (κ3) is 7.63. The summed E-state index contributed by atoms with van der Waals surface area (Å²) in [4.78, 5) is 37.8. The van der Waals surface area contributed by atoms with Crippen molar-refractivity contribution >= 4 is 17.7 Å². The van der Waals surface area contributed by atoms with Gasteiger partial charge in [-0.1, -0.05) is 26.0 Å². The molecule has 6 unspecified atom stereocenters. The number of ether oxygens (including phenoxy) is 1. The molecular weight excluding hydrogens is 456 g/mol. The number of methoxy groups -OCH3 is 1. The van der Waals surface area contributed by atoms with E-state index in [4.69, 9.17) is 10.5 Å². The Morgan fingerprint density at radius 3 is 2.29 bits per heavy atom. The molecule has 1 fully saturated rings. The summed E-state index contributed by atoms with van der Waals surface area (Å²) in [5, 5.41) is 39.9. The van der Waals surface area contributed by atoms with Gasteiger partial charge >= 0.3 is 0 Å². The summed E-state index contributed by atoms with van der Waals surface area (Å²) in [6.07, 6.45) is -3.07. The second-order valence-corrected chi connectivity index (χ2v) is 9.56. The van der Waals surface area contributed by atoms with Gasteiger partial charge in [0, 0.05) is 19.3 Å². The molecule has 0 bridgehead atoms. The van der Waals surface area contributed by atoms with Crippen molar-refractivity contribution in [3.63, 3.8) is 0 Å². The third-order valence-electron chi connectivity index (χ3n) is 6.28. The Bertz CT molecular complexity index is 879. The number of aliphatic hydroxyl groups is 3. The summed E-state index contributed by atoms with van der Waals surface area (Å²) in [5.74, 6) is -1.30. The molecule has 0 spiro atoms. The summed E-state index contributed by atoms with van der Waals surface area (Å²) < 4.78 is 5.10. The Morgan fingerprint density at radius 2 is 1.77 bits per heavy atom. The average molecular weight is 495 g/mol. The van der Waals surface area contributed by atoms with Gasteiger partial charge in [0.05, 0.1) is 25.3 Å². The van der Waals surface area contributed by atoms with Crippen LogP contribution in [0.4, 0.5) is 0 Å². The van der Waals surface area contributed by atoms with Crippen LogP contribution in [0, 0.1) is 5.92 Å². The summed E-state index contributed by atoms with van der Waals surface area (Å²) in [6, 6.07) is 4.08. The van der Waals surface area contributed by atoms with Crippen molar-refractivity contribution in [3.05, 3.63) is 29.8 Å². The van der Waals surface area contributed by atoms with E-state index in [0.717, 1.165) is 0 Å². The van der Waals surface area contributed by atoms with E-state index >= 15 is 0 Å². The van der Waals surface area contributed by atoms with E-state index in [1.165, 1.54) is 7.11 Å². The predicted octanol–water partition coefficient (Wildman–Crippen LogP) is -1.43. The van der Waals surface area contributed by atoms with Gasteiger partial charge in [-0.05, 0) is 37.1 Å². The minimum Gasteiger partial charge on any atom is -0.497 e. The molecule has 0 aromatic heterocycles. The Hall–Kier alpha value is -2.73. The van der Waals surface area contributed by atoms with Crippen LogP contribution in [0.5, 0.6) is 5.75 Å². The van der Waals surface area contributed by atoms with Crippen LogP contribution in [0.15, 0.2) is 24.3 Å². The summed E-state index contributed by atoms with van der Waals surface area (Å²) in [5.41, 5.74) is 4.04. The topological polar surface area (TPSA) is 183 Å². The predicted molar refractivity (Wildman–Crippen MR) is 128 cm³/mol. The molecule has 6 atom stereocenters. The first-order valence-corrected chi connectivity index (χ1v) is 11.7. The second-order valence-electron chi connectivity index (χ2n) is 9.56. The first-order valence-electron chi connectivity index (χ1n) is 11.7. The van der Waals surface area contributed by atoms with Crippen molar-refractivity contribution in [3.8, 4) is 5.75 Å². The Balaban J connectivity index is 2.13. The maximum atomic E-state index is 13.0. The number of benzene rings is 1. The van der Waals surface area contributed by atoms with E-state index < -0.39 is 60.1 Å². The van der Waals surface area contributed by atoms with E-state index in [9.17, 15) is 29.7 Å². The lowest BCUT2D eigenvalue weighted by molar-refractivity contribution is -0.160. The lowest BCUT2D eigenvalue weighted by Gasteiger charge is -2.42. The summed E-state index contributed by atoms with van der Waals surface area (Å²) >= 11 is 0. The highest BCUT2D eigenvalue weighted by Gasteiger charge is 2.50. The molecule has 1 aliphatic rings. The van der Waals surface area contributed by atoms with Crippen LogP contribution in [-0.2, 0) is 20.8 Å². The number of primary amides is 1. The molecule has 11 nitrogen and oxygen atoms in total. The molecule has 0 radical (unpaired) electrons. The number of aliphatic hydroxyl groups excluding tert-OH is 2. The molecule has 35 heavy (non-hydrogen) atoms. The zero-order chi connectivity index (χ0) is 26.3. The van der Waals surface area contributed by atoms with E-state index in [0.29, 0.717) is 17.7 Å². The van der Waals surface area contributed by atoms with Crippen molar-refractivity contribution in [2.75, 3.05) is 14.2 Å². The highest BCUT2D eigenvalue weighted by atomic mass is 16.5. The molecule has 0 aliphatic heterocycles. The molecule has 11 heteroatoms. The lowest BCUT2D eigenvalue weighted by Crippen LogP contribution is -2.65. The van der Waals surface area contributed by atoms with Crippen molar-refractivity contribution in [2.24, 2.45) is 11.7 Å². The van der Waals surface area contributed by atoms with E-state index in [1.807, 2.05) is 13.8 Å². The number of carbonyl (C=O) groups is 3. The summed E-state index contributed by atoms with van der Waals surface area (Å²) in [7, 11) is 3.16. The molecular formula is C24H38N4O7. The maximum Gasteiger partial charge on any atom is 0.252 e. The van der Waals surface area contributed by atoms with Crippen LogP contribution in [0.1, 0.15) is 38.7 Å². The van der Waals surface area contributed by atoms with Gasteiger partial charge in [0.2, 0.25) is 11.8 Å². The average Bonchev–Trinajstić information content (AvgIpc) is 2.80. The van der Waals surface area contributed by atoms with Crippen LogP contribution in [0.3, 0.4) is 0 Å². The third-order valence-corrected chi connectivity index (χ3v) is 6.28. The lowest BCUT2D eigenvalue weighted by atomic mass is 9.77. The number of hydrogen-bond donors (Lipinski definition) is 7. The summed E-state index contributed by atoms with van der Waals surface area (Å²) in [6.45, 7) is 3.92. The number of nitrogens with one attached hydrogen (secondary N) is 3. The van der Waals surface area contributed by atoms with Crippen LogP contribution in [-0.4, -0.2) is 83.1 Å². The molecule has 3 amide bonds. The number of hydrogen-bond acceptors (Lipinski definition) is 8. The van der Waals surface area contributed by atoms with Crippen LogP contribution in [0.25, 0.3) is 0 Å². The highest BCUT2D eigenvalue weighted by molar-refractivity contribution is 5.91. The van der Waals surface area contributed by atoms with Gasteiger partial charge in [-0.3, -0.25) is 14.4 Å². The van der Waals surface area contributed by atoms with Crippen LogP contribution in [0.2, 0.25) is 0 Å². The fraction of sp³-hybridized carbons (Fsp3) is 0.625. The van der Waals surface area contributed by atoms with E-state index in [1.54, 1.807) is 31.3 Å². The molecule has 2 rings (SSSR count). The van der Waals surface area contributed by atoms with Gasteiger partial charge in [0.1, 0.15) is 23.5 Å². The number of likely N-dealkylation sites (N-methyl/N-ethyl adjacent to an activating group) is 1. The second kappa shape index (κ2) is 12.3. The monoisotopic (exact) mass is 494 g/mol. The van der Waals surface area contributed by atoms with Gasteiger partial charge in [0.15, 0.2) is 0 Å². The first kappa shape index (κ1) is 28.5. The van der Waals surface area contributed by atoms with E-state index in [2.05, 4.69) is 16.0 Å². The molecule has 1 aromatic rings. The molecule has 196 valence electrons. The highest BCUT2D eigenvalue weighted by Crippen LogP contribution is 2.30. The van der Waals surface area contributed by atoms with Crippen LogP contribution < -0.4 is 26.4 Å². The number of carbonyl (C=O) groups excluding carboxylic acids is 3. The molecule has 1 aromatic carbocycles. The Morgan fingerprint density at radius 1 is 1.14 bits per heavy atom. The quantitative estimate of drug-likeness (QED) is 0.195. The largest absolute Gasteiger partial charge is 0.497 e. The Labute approximate surface area is 205 Å². The molecule has 0 saturated heterocycles. The van der Waals surface area contributed by atoms with Gasteiger partial charge in [-0.2, -0.15) is 0 Å². The SMILES string of the molecule is CNC(CC(C)C)C(=O)NC1CC(O)(C(=O)NC(Cc2ccc(OC)cc2)C(N)=O)CC(O)C1O. The van der Waals surface area contributed by atoms with Gasteiger partial charge < -0.3 is 41.7 Å². The minimum absolute atomic E-state index is 0.0749. The smallest absolute Gasteiger partial charge is 0.252 e. The molecule has 1 aliphatic carbocycles. The van der Waals surface area contributed by atoms with Crippen LogP contribution >= 0.6 is 0 Å². The zero-order valence-electron chi connectivity index (χ0n) is 20.7. The molecule has 8 N–H and O–H groups in total. The van der Waals surface area contributed by atoms with Gasteiger partial charge in [0.25, 0.3) is 5.91 Å². The van der Waals surface area contributed by atoms with Crippen molar-refractivity contribution < 1.29 is 34.4 Å². The number of amides is 3. The number of rotatable bonds is 11. The standard InChI is InChI=1S/C24H38N4O7/c1-13(2)9-17(26-3)22(32)27-18-11-24(34,12-19(29)20(18)30)23(33)28-16(21(25)31)10-14-5-7-15(35-4)8-6-14/h5-8,13,16-20,26,29-30,34H,9-12H2,1-4H3,(H2,25,31)(H,27,32)(H,28,33). The minimum atomic E-state index is -2.14. The van der Waals surface area contributed by atoms with Gasteiger partial charge in [-0.25, -0.2) is 0 Å². The van der Waals surface area contributed by atoms with Crippen molar-refractivity contribution in [1.29, 1.82) is 0 Å². The maximum absolute atomic E-state index is 13.0. The first-order chi connectivity index (χ1) is 16.4. The molecule has 0 heterocycles. The fourth-order valence-electron chi connectivity index (χ4n) is 4.25. The van der Waals surface area contributed by atoms with Crippen molar-refractivity contribution in [1.82, 2.24) is 16.0 Å². The Kier molecular flexibility index (Phi) is 10.0. The van der Waals surface area contributed by atoms with Gasteiger partial charge in [-0.15, -0.1) is 0 Å².